The van der Waals surface area contributed by atoms with Crippen molar-refractivity contribution in [2.45, 2.75) is 19.3 Å². The summed E-state index contributed by atoms with van der Waals surface area (Å²) < 4.78 is 13.2. The van der Waals surface area contributed by atoms with Gasteiger partial charge < -0.3 is 10.1 Å². The Hall–Kier alpha value is -2.17. The third-order valence-electron chi connectivity index (χ3n) is 3.46. The van der Waals surface area contributed by atoms with Crippen LogP contribution in [0.3, 0.4) is 0 Å². The maximum Gasteiger partial charge on any atom is 0.307 e. The minimum Gasteiger partial charge on any atom is -0.481 e. The van der Waals surface area contributed by atoms with Crippen molar-refractivity contribution in [2.24, 2.45) is 5.92 Å². The zero-order valence-electron chi connectivity index (χ0n) is 10.4. The molecule has 0 saturated heterocycles. The molecule has 3 rings (SSSR count). The standard InChI is InChI=1S/C14H13FN2O2/c1-7-12(8-3-2-4-9(15)5-8)17-13(16-7)10-6-11(10)14(18)19/h2-5,10-11H,6H2,1H3,(H,16,17)(H,18,19). The summed E-state index contributed by atoms with van der Waals surface area (Å²) in [5.41, 5.74) is 2.22. The van der Waals surface area contributed by atoms with Gasteiger partial charge in [-0.05, 0) is 25.5 Å². The second-order valence-corrected chi connectivity index (χ2v) is 4.89. The van der Waals surface area contributed by atoms with Gasteiger partial charge in [0.05, 0.1) is 11.6 Å². The SMILES string of the molecule is Cc1[nH]c(C2CC2C(=O)O)nc1-c1cccc(F)c1. The first kappa shape index (κ1) is 11.9. The second-order valence-electron chi connectivity index (χ2n) is 4.89. The van der Waals surface area contributed by atoms with Crippen molar-refractivity contribution in [3.05, 3.63) is 41.6 Å². The Balaban J connectivity index is 1.92. The van der Waals surface area contributed by atoms with E-state index in [0.717, 1.165) is 5.69 Å². The summed E-state index contributed by atoms with van der Waals surface area (Å²) in [6.07, 6.45) is 0.616. The molecule has 1 aliphatic carbocycles. The van der Waals surface area contributed by atoms with Crippen LogP contribution in [0.15, 0.2) is 24.3 Å². The van der Waals surface area contributed by atoms with Crippen molar-refractivity contribution in [1.82, 2.24) is 9.97 Å². The number of carboxylic acids is 1. The van der Waals surface area contributed by atoms with Crippen LogP contribution in [0.1, 0.15) is 23.9 Å². The molecular weight excluding hydrogens is 247 g/mol. The zero-order chi connectivity index (χ0) is 13.6. The average Bonchev–Trinajstić information content (AvgIpc) is 3.07. The number of nitrogens with zero attached hydrogens (tertiary/aromatic N) is 1. The Labute approximate surface area is 109 Å². The highest BCUT2D eigenvalue weighted by Crippen LogP contribution is 2.47. The number of aliphatic carboxylic acids is 1. The van der Waals surface area contributed by atoms with Crippen LogP contribution in [0.5, 0.6) is 0 Å². The zero-order valence-corrected chi connectivity index (χ0v) is 10.4. The number of carboxylic acid groups (broad SMARTS) is 1. The lowest BCUT2D eigenvalue weighted by molar-refractivity contribution is -0.138. The van der Waals surface area contributed by atoms with Gasteiger partial charge in [0.2, 0.25) is 0 Å². The summed E-state index contributed by atoms with van der Waals surface area (Å²) in [5.74, 6) is -0.795. The topological polar surface area (TPSA) is 66.0 Å². The fraction of sp³-hybridized carbons (Fsp3) is 0.286. The lowest BCUT2D eigenvalue weighted by atomic mass is 10.1. The molecule has 19 heavy (non-hydrogen) atoms. The summed E-state index contributed by atoms with van der Waals surface area (Å²) in [4.78, 5) is 18.4. The Kier molecular flexibility index (Phi) is 2.62. The number of carbonyl (C=O) groups is 1. The van der Waals surface area contributed by atoms with Crippen LogP contribution in [0, 0.1) is 18.7 Å². The number of aromatic nitrogens is 2. The van der Waals surface area contributed by atoms with Gasteiger partial charge in [0.15, 0.2) is 0 Å². The minimum atomic E-state index is -0.786. The molecule has 2 aromatic rings. The van der Waals surface area contributed by atoms with E-state index in [1.807, 2.05) is 6.92 Å². The molecule has 0 aliphatic heterocycles. The van der Waals surface area contributed by atoms with Gasteiger partial charge in [-0.25, -0.2) is 9.37 Å². The lowest BCUT2D eigenvalue weighted by Crippen LogP contribution is -1.99. The number of benzene rings is 1. The highest BCUT2D eigenvalue weighted by atomic mass is 19.1. The lowest BCUT2D eigenvalue weighted by Gasteiger charge is -1.98. The van der Waals surface area contributed by atoms with Crippen LogP contribution in [0.25, 0.3) is 11.3 Å². The van der Waals surface area contributed by atoms with Crippen LogP contribution in [0.4, 0.5) is 4.39 Å². The molecule has 0 spiro atoms. The third-order valence-corrected chi connectivity index (χ3v) is 3.46. The predicted molar refractivity (Wildman–Crippen MR) is 67.2 cm³/mol. The van der Waals surface area contributed by atoms with Gasteiger partial charge in [-0.15, -0.1) is 0 Å². The number of rotatable bonds is 3. The molecule has 0 amide bonds. The van der Waals surface area contributed by atoms with Crippen molar-refractivity contribution in [3.8, 4) is 11.3 Å². The fourth-order valence-corrected chi connectivity index (χ4v) is 2.35. The van der Waals surface area contributed by atoms with Gasteiger partial charge in [0.1, 0.15) is 11.6 Å². The van der Waals surface area contributed by atoms with Crippen molar-refractivity contribution >= 4 is 5.97 Å². The van der Waals surface area contributed by atoms with Crippen molar-refractivity contribution in [2.75, 3.05) is 0 Å². The minimum absolute atomic E-state index is 0.0430. The van der Waals surface area contributed by atoms with Crippen LogP contribution in [0.2, 0.25) is 0 Å². The molecule has 1 aliphatic rings. The molecule has 4 nitrogen and oxygen atoms in total. The van der Waals surface area contributed by atoms with E-state index in [1.54, 1.807) is 12.1 Å². The molecule has 5 heteroatoms. The number of imidazole rings is 1. The van der Waals surface area contributed by atoms with E-state index < -0.39 is 5.97 Å². The van der Waals surface area contributed by atoms with Gasteiger partial charge in [-0.1, -0.05) is 12.1 Å². The van der Waals surface area contributed by atoms with Gasteiger partial charge in [0.25, 0.3) is 0 Å². The van der Waals surface area contributed by atoms with E-state index in [2.05, 4.69) is 9.97 Å². The number of hydrogen-bond acceptors (Lipinski definition) is 2. The smallest absolute Gasteiger partial charge is 0.307 e. The predicted octanol–water partition coefficient (Wildman–Crippen LogP) is 2.71. The Morgan fingerprint density at radius 3 is 2.95 bits per heavy atom. The molecule has 2 unspecified atom stereocenters. The van der Waals surface area contributed by atoms with E-state index in [0.29, 0.717) is 23.5 Å². The summed E-state index contributed by atoms with van der Waals surface area (Å²) in [7, 11) is 0. The van der Waals surface area contributed by atoms with Crippen molar-refractivity contribution < 1.29 is 14.3 Å². The van der Waals surface area contributed by atoms with Crippen LogP contribution in [-0.2, 0) is 4.79 Å². The van der Waals surface area contributed by atoms with Crippen molar-refractivity contribution in [3.63, 3.8) is 0 Å². The number of hydrogen-bond donors (Lipinski definition) is 2. The molecule has 98 valence electrons. The molecule has 1 aromatic carbocycles. The van der Waals surface area contributed by atoms with Crippen LogP contribution >= 0.6 is 0 Å². The number of nitrogens with one attached hydrogen (secondary N) is 1. The quantitative estimate of drug-likeness (QED) is 0.891. The van der Waals surface area contributed by atoms with Crippen LogP contribution in [-0.4, -0.2) is 21.0 Å². The summed E-state index contributed by atoms with van der Waals surface area (Å²) >= 11 is 0. The molecule has 1 heterocycles. The maximum atomic E-state index is 13.2. The summed E-state index contributed by atoms with van der Waals surface area (Å²) in [5, 5.41) is 8.92. The van der Waals surface area contributed by atoms with E-state index in [-0.39, 0.29) is 17.7 Å². The molecule has 2 N–H and O–H groups in total. The third kappa shape index (κ3) is 2.12. The van der Waals surface area contributed by atoms with Gasteiger partial charge in [0, 0.05) is 17.2 Å². The largest absolute Gasteiger partial charge is 0.481 e. The summed E-state index contributed by atoms with van der Waals surface area (Å²) in [6, 6.07) is 6.23. The van der Waals surface area contributed by atoms with E-state index in [4.69, 9.17) is 5.11 Å². The second kappa shape index (κ2) is 4.19. The fourth-order valence-electron chi connectivity index (χ4n) is 2.35. The van der Waals surface area contributed by atoms with E-state index in [1.165, 1.54) is 12.1 Å². The number of aromatic amines is 1. The monoisotopic (exact) mass is 260 g/mol. The molecule has 1 aromatic heterocycles. The Bertz CT molecular complexity index is 651. The maximum absolute atomic E-state index is 13.2. The number of aryl methyl sites for hydroxylation is 1. The molecule has 0 bridgehead atoms. The highest BCUT2D eigenvalue weighted by molar-refractivity contribution is 5.75. The molecule has 0 radical (unpaired) electrons. The molecular formula is C14H13FN2O2. The van der Waals surface area contributed by atoms with Gasteiger partial charge in [-0.2, -0.15) is 0 Å². The summed E-state index contributed by atoms with van der Waals surface area (Å²) in [6.45, 7) is 1.86. The first-order chi connectivity index (χ1) is 9.06. The van der Waals surface area contributed by atoms with E-state index >= 15 is 0 Å². The highest BCUT2D eigenvalue weighted by Gasteiger charge is 2.46. The normalized spacial score (nSPS) is 21.4. The van der Waals surface area contributed by atoms with Gasteiger partial charge >= 0.3 is 5.97 Å². The molecule has 2 atom stereocenters. The van der Waals surface area contributed by atoms with Crippen molar-refractivity contribution in [1.29, 1.82) is 0 Å². The Morgan fingerprint density at radius 1 is 1.53 bits per heavy atom. The number of H-pyrrole nitrogens is 1. The van der Waals surface area contributed by atoms with E-state index in [9.17, 15) is 9.18 Å². The van der Waals surface area contributed by atoms with Gasteiger partial charge in [-0.3, -0.25) is 4.79 Å². The number of halogens is 1. The van der Waals surface area contributed by atoms with Crippen LogP contribution < -0.4 is 0 Å². The molecule has 1 fully saturated rings. The molecule has 1 saturated carbocycles. The Morgan fingerprint density at radius 2 is 2.32 bits per heavy atom. The average molecular weight is 260 g/mol. The first-order valence-corrected chi connectivity index (χ1v) is 6.11. The first-order valence-electron chi connectivity index (χ1n) is 6.11.